The Hall–Kier alpha value is -3.31. The fourth-order valence-electron chi connectivity index (χ4n) is 3.22. The minimum Gasteiger partial charge on any atom is -0.383 e. The molecule has 8 nitrogen and oxygen atoms in total. The molecule has 3 amide bonds. The normalized spacial score (nSPS) is 12.8. The lowest BCUT2D eigenvalue weighted by atomic mass is 10.2. The van der Waals surface area contributed by atoms with Gasteiger partial charge in [-0.3, -0.25) is 4.79 Å². The number of carbonyl (C=O) groups excluding carboxylic acids is 2. The lowest BCUT2D eigenvalue weighted by molar-refractivity contribution is -0.133. The van der Waals surface area contributed by atoms with Crippen molar-refractivity contribution in [3.63, 3.8) is 0 Å². The summed E-state index contributed by atoms with van der Waals surface area (Å²) in [5.74, 6) is -0.0873. The third kappa shape index (κ3) is 5.61. The topological polar surface area (TPSA) is 90.6 Å². The second-order valence-electron chi connectivity index (χ2n) is 7.40. The summed E-state index contributed by atoms with van der Waals surface area (Å²) in [7, 11) is 3.51. The van der Waals surface area contributed by atoms with Crippen LogP contribution in [0.4, 0.5) is 10.5 Å². The number of nitrogens with one attached hydrogen (secondary N) is 1. The van der Waals surface area contributed by atoms with Crippen molar-refractivity contribution < 1.29 is 14.3 Å². The minimum absolute atomic E-state index is 0.0337. The molecule has 0 unspecified atom stereocenters. The molecular weight excluding hydrogens is 382 g/mol. The summed E-state index contributed by atoms with van der Waals surface area (Å²) in [6.07, 6.45) is 3.93. The van der Waals surface area contributed by atoms with Crippen LogP contribution in [0.25, 0.3) is 0 Å². The number of rotatable bonds is 9. The number of amides is 3. The molecule has 158 valence electrons. The molecule has 1 fully saturated rings. The van der Waals surface area contributed by atoms with Gasteiger partial charge in [0.2, 0.25) is 5.91 Å². The summed E-state index contributed by atoms with van der Waals surface area (Å²) in [4.78, 5) is 29.2. The maximum atomic E-state index is 13.1. The van der Waals surface area contributed by atoms with E-state index in [1.165, 1.54) is 4.90 Å². The van der Waals surface area contributed by atoms with Gasteiger partial charge in [-0.05, 0) is 43.2 Å². The monoisotopic (exact) mass is 409 g/mol. The number of ether oxygens (including phenoxy) is 1. The van der Waals surface area contributed by atoms with Crippen molar-refractivity contribution in [2.75, 3.05) is 32.1 Å². The number of aromatic nitrogens is 1. The van der Waals surface area contributed by atoms with E-state index in [9.17, 15) is 9.59 Å². The quantitative estimate of drug-likeness (QED) is 0.689. The Morgan fingerprint density at radius 2 is 2.10 bits per heavy atom. The van der Waals surface area contributed by atoms with E-state index in [0.717, 1.165) is 18.5 Å². The van der Waals surface area contributed by atoms with Gasteiger partial charge in [-0.15, -0.1) is 0 Å². The number of hydrogen-bond acceptors (Lipinski definition) is 4. The molecule has 0 spiro atoms. The number of carbonyl (C=O) groups is 2. The first kappa shape index (κ1) is 21.4. The first-order valence-corrected chi connectivity index (χ1v) is 9.96. The number of benzene rings is 1. The van der Waals surface area contributed by atoms with E-state index < -0.39 is 6.03 Å². The number of nitriles is 1. The molecular formula is C22H27N5O3. The third-order valence-corrected chi connectivity index (χ3v) is 5.11. The molecule has 1 aliphatic carbocycles. The molecule has 1 aromatic carbocycles. The van der Waals surface area contributed by atoms with Crippen LogP contribution in [0.3, 0.4) is 0 Å². The lowest BCUT2D eigenvalue weighted by Gasteiger charge is -2.28. The van der Waals surface area contributed by atoms with Gasteiger partial charge < -0.3 is 24.4 Å². The van der Waals surface area contributed by atoms with Crippen molar-refractivity contribution in [1.29, 1.82) is 5.26 Å². The van der Waals surface area contributed by atoms with Crippen LogP contribution in [0.2, 0.25) is 0 Å². The van der Waals surface area contributed by atoms with E-state index in [2.05, 4.69) is 5.32 Å². The Labute approximate surface area is 176 Å². The smallest absolute Gasteiger partial charge is 0.322 e. The van der Waals surface area contributed by atoms with Crippen molar-refractivity contribution >= 4 is 17.6 Å². The molecule has 0 bridgehead atoms. The summed E-state index contributed by atoms with van der Waals surface area (Å²) < 4.78 is 7.12. The van der Waals surface area contributed by atoms with E-state index in [0.29, 0.717) is 24.4 Å². The van der Waals surface area contributed by atoms with Crippen LogP contribution >= 0.6 is 0 Å². The van der Waals surface area contributed by atoms with Crippen LogP contribution in [-0.2, 0) is 23.1 Å². The number of nitrogens with zero attached hydrogens (tertiary/aromatic N) is 4. The van der Waals surface area contributed by atoms with Crippen molar-refractivity contribution in [3.8, 4) is 6.07 Å². The summed E-state index contributed by atoms with van der Waals surface area (Å²) in [6.45, 7) is 1.10. The van der Waals surface area contributed by atoms with Gasteiger partial charge in [0.05, 0.1) is 24.8 Å². The maximum absolute atomic E-state index is 13.1. The molecule has 1 N–H and O–H groups in total. The molecule has 1 heterocycles. The average molecular weight is 409 g/mol. The molecule has 0 radical (unpaired) electrons. The Kier molecular flexibility index (Phi) is 7.09. The Morgan fingerprint density at radius 3 is 2.73 bits per heavy atom. The largest absolute Gasteiger partial charge is 0.383 e. The molecule has 30 heavy (non-hydrogen) atoms. The summed E-state index contributed by atoms with van der Waals surface area (Å²) in [5, 5.41) is 11.8. The molecule has 1 saturated carbocycles. The zero-order valence-electron chi connectivity index (χ0n) is 17.4. The first-order chi connectivity index (χ1) is 14.5. The van der Waals surface area contributed by atoms with Gasteiger partial charge in [0.15, 0.2) is 0 Å². The van der Waals surface area contributed by atoms with E-state index in [1.54, 1.807) is 31.4 Å². The highest BCUT2D eigenvalue weighted by atomic mass is 16.5. The summed E-state index contributed by atoms with van der Waals surface area (Å²) >= 11 is 0. The predicted molar refractivity (Wildman–Crippen MR) is 113 cm³/mol. The van der Waals surface area contributed by atoms with E-state index >= 15 is 0 Å². The fraction of sp³-hybridized carbons (Fsp3) is 0.409. The first-order valence-electron chi connectivity index (χ1n) is 9.96. The van der Waals surface area contributed by atoms with Gasteiger partial charge in [0, 0.05) is 44.3 Å². The summed E-state index contributed by atoms with van der Waals surface area (Å²) in [6, 6.07) is 12.5. The van der Waals surface area contributed by atoms with Crippen LogP contribution in [0.15, 0.2) is 42.6 Å². The van der Waals surface area contributed by atoms with Gasteiger partial charge in [-0.1, -0.05) is 6.07 Å². The second kappa shape index (κ2) is 9.94. The highest BCUT2D eigenvalue weighted by molar-refractivity contribution is 5.92. The highest BCUT2D eigenvalue weighted by Gasteiger charge is 2.34. The Balaban J connectivity index is 1.69. The van der Waals surface area contributed by atoms with Crippen LogP contribution in [-0.4, -0.2) is 59.2 Å². The molecule has 1 aliphatic rings. The molecule has 1 aromatic heterocycles. The van der Waals surface area contributed by atoms with Crippen LogP contribution in [0.5, 0.6) is 0 Å². The van der Waals surface area contributed by atoms with Crippen molar-refractivity contribution in [1.82, 2.24) is 14.4 Å². The molecule has 8 heteroatoms. The lowest BCUT2D eigenvalue weighted by Crippen LogP contribution is -2.46. The average Bonchev–Trinajstić information content (AvgIpc) is 3.50. The van der Waals surface area contributed by atoms with Crippen LogP contribution < -0.4 is 5.32 Å². The minimum atomic E-state index is -0.398. The van der Waals surface area contributed by atoms with Crippen molar-refractivity contribution in [3.05, 3.63) is 53.9 Å². The number of urea groups is 1. The zero-order chi connectivity index (χ0) is 21.5. The maximum Gasteiger partial charge on any atom is 0.322 e. The van der Waals surface area contributed by atoms with Crippen LogP contribution in [0, 0.1) is 11.3 Å². The SMILES string of the molecule is COCCN(CC(=O)N(Cc1cccn1C)C1CC1)C(=O)Nc1cccc(C#N)c1. The number of hydrogen-bond donors (Lipinski definition) is 1. The third-order valence-electron chi connectivity index (χ3n) is 5.11. The van der Waals surface area contributed by atoms with Gasteiger partial charge in [-0.2, -0.15) is 5.26 Å². The van der Waals surface area contributed by atoms with Gasteiger partial charge in [-0.25, -0.2) is 4.79 Å². The predicted octanol–water partition coefficient (Wildman–Crippen LogP) is 2.57. The molecule has 2 aromatic rings. The van der Waals surface area contributed by atoms with E-state index in [1.807, 2.05) is 40.9 Å². The molecule has 0 saturated heterocycles. The fourth-order valence-corrected chi connectivity index (χ4v) is 3.22. The number of anilines is 1. The van der Waals surface area contributed by atoms with Crippen molar-refractivity contribution in [2.45, 2.75) is 25.4 Å². The van der Waals surface area contributed by atoms with Crippen molar-refractivity contribution in [2.24, 2.45) is 7.05 Å². The number of aryl methyl sites for hydroxylation is 1. The highest BCUT2D eigenvalue weighted by Crippen LogP contribution is 2.28. The Morgan fingerprint density at radius 1 is 1.30 bits per heavy atom. The molecule has 0 atom stereocenters. The van der Waals surface area contributed by atoms with E-state index in [-0.39, 0.29) is 25.0 Å². The second-order valence-corrected chi connectivity index (χ2v) is 7.40. The van der Waals surface area contributed by atoms with Crippen LogP contribution in [0.1, 0.15) is 24.1 Å². The number of methoxy groups -OCH3 is 1. The standard InChI is InChI=1S/C22H27N5O3/c1-25-10-4-7-20(25)15-27(19-8-9-19)21(28)16-26(11-12-30-2)22(29)24-18-6-3-5-17(13-18)14-23/h3-7,10,13,19H,8-9,11-12,15-16H2,1-2H3,(H,24,29). The summed E-state index contributed by atoms with van der Waals surface area (Å²) in [5.41, 5.74) is 2.02. The van der Waals surface area contributed by atoms with Gasteiger partial charge >= 0.3 is 6.03 Å². The molecule has 3 rings (SSSR count). The zero-order valence-corrected chi connectivity index (χ0v) is 17.4. The van der Waals surface area contributed by atoms with Gasteiger partial charge in [0.1, 0.15) is 6.54 Å². The Bertz CT molecular complexity index is 929. The van der Waals surface area contributed by atoms with Gasteiger partial charge in [0.25, 0.3) is 0 Å². The molecule has 0 aliphatic heterocycles. The van der Waals surface area contributed by atoms with E-state index in [4.69, 9.17) is 10.00 Å².